The normalized spacial score (nSPS) is 11.5. The molecule has 0 aliphatic heterocycles. The van der Waals surface area contributed by atoms with Crippen molar-refractivity contribution in [3.8, 4) is 0 Å². The second-order valence-corrected chi connectivity index (χ2v) is 7.38. The minimum absolute atomic E-state index is 0.105. The predicted molar refractivity (Wildman–Crippen MR) is 92.5 cm³/mol. The minimum atomic E-state index is -3.71. The Labute approximate surface area is 140 Å². The monoisotopic (exact) mass is 427 g/mol. The van der Waals surface area contributed by atoms with Gasteiger partial charge in [-0.1, -0.05) is 12.1 Å². The molecule has 7 heteroatoms. The second-order valence-electron chi connectivity index (χ2n) is 4.54. The summed E-state index contributed by atoms with van der Waals surface area (Å²) >= 11 is 2.06. The van der Waals surface area contributed by atoms with Crippen LogP contribution in [-0.2, 0) is 10.0 Å². The van der Waals surface area contributed by atoms with Crippen LogP contribution in [0.3, 0.4) is 0 Å². The molecule has 0 amide bonds. The van der Waals surface area contributed by atoms with Gasteiger partial charge in [0, 0.05) is 15.0 Å². The van der Waals surface area contributed by atoms with Crippen LogP contribution in [0.15, 0.2) is 68.7 Å². The fourth-order valence-corrected chi connectivity index (χ4v) is 3.78. The molecule has 0 saturated heterocycles. The van der Waals surface area contributed by atoms with Gasteiger partial charge in [-0.2, -0.15) is 0 Å². The summed E-state index contributed by atoms with van der Waals surface area (Å²) in [6.45, 7) is 0. The first-order valence-corrected chi connectivity index (χ1v) is 8.83. The van der Waals surface area contributed by atoms with Gasteiger partial charge < -0.3 is 4.42 Å². The lowest BCUT2D eigenvalue weighted by molar-refractivity contribution is 0.560. The Bertz CT molecular complexity index is 1010. The third-order valence-corrected chi connectivity index (χ3v) is 5.32. The number of hydrogen-bond acceptors (Lipinski definition) is 4. The van der Waals surface area contributed by atoms with Gasteiger partial charge in [-0.25, -0.2) is 13.2 Å². The maximum absolute atomic E-state index is 12.5. The average Bonchev–Trinajstić information content (AvgIpc) is 2.49. The molecule has 5 nitrogen and oxygen atoms in total. The molecule has 0 unspecified atom stereocenters. The van der Waals surface area contributed by atoms with Crippen molar-refractivity contribution in [3.05, 3.63) is 68.6 Å². The number of halogens is 1. The van der Waals surface area contributed by atoms with Gasteiger partial charge in [-0.15, -0.1) is 0 Å². The Morgan fingerprint density at radius 3 is 2.55 bits per heavy atom. The van der Waals surface area contributed by atoms with Crippen molar-refractivity contribution in [1.29, 1.82) is 0 Å². The van der Waals surface area contributed by atoms with Gasteiger partial charge in [0.25, 0.3) is 10.0 Å². The molecule has 3 aromatic rings. The topological polar surface area (TPSA) is 76.4 Å². The third kappa shape index (κ3) is 3.00. The van der Waals surface area contributed by atoms with Gasteiger partial charge in [0.1, 0.15) is 5.58 Å². The highest BCUT2D eigenvalue weighted by Gasteiger charge is 2.16. The smallest absolute Gasteiger partial charge is 0.336 e. The van der Waals surface area contributed by atoms with Crippen LogP contribution >= 0.6 is 22.6 Å². The molecule has 1 heterocycles. The lowest BCUT2D eigenvalue weighted by Crippen LogP contribution is -2.13. The van der Waals surface area contributed by atoms with Crippen molar-refractivity contribution in [2.24, 2.45) is 0 Å². The third-order valence-electron chi connectivity index (χ3n) is 3.02. The first-order chi connectivity index (χ1) is 10.5. The lowest BCUT2D eigenvalue weighted by atomic mass is 10.2. The number of para-hydroxylation sites is 1. The van der Waals surface area contributed by atoms with Crippen LogP contribution < -0.4 is 10.3 Å². The Balaban J connectivity index is 2.04. The van der Waals surface area contributed by atoms with Crippen LogP contribution in [0.25, 0.3) is 11.0 Å². The number of nitrogens with one attached hydrogen (secondary N) is 1. The fourth-order valence-electron chi connectivity index (χ4n) is 1.96. The van der Waals surface area contributed by atoms with Gasteiger partial charge in [-0.05, 0) is 59.0 Å². The number of sulfonamides is 1. The number of anilines is 1. The van der Waals surface area contributed by atoms with Gasteiger partial charge in [0.05, 0.1) is 10.6 Å². The Morgan fingerprint density at radius 2 is 1.77 bits per heavy atom. The van der Waals surface area contributed by atoms with Gasteiger partial charge in [-0.3, -0.25) is 4.72 Å². The first kappa shape index (κ1) is 15.0. The molecule has 0 spiro atoms. The van der Waals surface area contributed by atoms with Crippen molar-refractivity contribution in [3.63, 3.8) is 0 Å². The summed E-state index contributed by atoms with van der Waals surface area (Å²) in [5, 5.41) is 0.547. The molecule has 1 aromatic heterocycles. The van der Waals surface area contributed by atoms with Crippen LogP contribution in [0.5, 0.6) is 0 Å². The van der Waals surface area contributed by atoms with Gasteiger partial charge in [0.2, 0.25) is 0 Å². The largest absolute Gasteiger partial charge is 0.423 e. The van der Waals surface area contributed by atoms with Crippen LogP contribution in [-0.4, -0.2) is 8.42 Å². The first-order valence-electron chi connectivity index (χ1n) is 6.27. The molecule has 2 aromatic carbocycles. The number of hydrogen-bond donors (Lipinski definition) is 1. The maximum Gasteiger partial charge on any atom is 0.336 e. The van der Waals surface area contributed by atoms with Gasteiger partial charge in [0.15, 0.2) is 0 Å². The zero-order valence-electron chi connectivity index (χ0n) is 11.1. The molecule has 0 atom stereocenters. The maximum atomic E-state index is 12.5. The molecular weight excluding hydrogens is 417 g/mol. The molecule has 3 rings (SSSR count). The van der Waals surface area contributed by atoms with E-state index in [1.165, 1.54) is 30.3 Å². The zero-order chi connectivity index (χ0) is 15.7. The summed E-state index contributed by atoms with van der Waals surface area (Å²) < 4.78 is 33.3. The molecule has 0 radical (unpaired) electrons. The lowest BCUT2D eigenvalue weighted by Gasteiger charge is -2.10. The summed E-state index contributed by atoms with van der Waals surface area (Å²) in [7, 11) is -3.71. The van der Waals surface area contributed by atoms with Gasteiger partial charge >= 0.3 is 5.63 Å². The van der Waals surface area contributed by atoms with E-state index in [-0.39, 0.29) is 4.90 Å². The van der Waals surface area contributed by atoms with E-state index in [1.807, 2.05) is 12.1 Å². The predicted octanol–water partition coefficient (Wildman–Crippen LogP) is 3.20. The van der Waals surface area contributed by atoms with Crippen LogP contribution in [0.2, 0.25) is 0 Å². The van der Waals surface area contributed by atoms with E-state index in [2.05, 4.69) is 27.3 Å². The van der Waals surface area contributed by atoms with Crippen molar-refractivity contribution in [1.82, 2.24) is 0 Å². The summed E-state index contributed by atoms with van der Waals surface area (Å²) in [6.07, 6.45) is 0. The number of rotatable bonds is 3. The SMILES string of the molecule is O=c1ccc2cc(S(=O)(=O)Nc3ccccc3I)ccc2o1. The number of fused-ring (bicyclic) bond motifs is 1. The van der Waals surface area contributed by atoms with E-state index >= 15 is 0 Å². The molecule has 0 bridgehead atoms. The quantitative estimate of drug-likeness (QED) is 0.515. The molecule has 112 valence electrons. The second kappa shape index (κ2) is 5.73. The summed E-state index contributed by atoms with van der Waals surface area (Å²) in [4.78, 5) is 11.3. The van der Waals surface area contributed by atoms with E-state index in [0.29, 0.717) is 16.7 Å². The van der Waals surface area contributed by atoms with E-state index in [4.69, 9.17) is 4.42 Å². The summed E-state index contributed by atoms with van der Waals surface area (Å²) in [5.41, 5.74) is 0.392. The zero-order valence-corrected chi connectivity index (χ0v) is 14.1. The summed E-state index contributed by atoms with van der Waals surface area (Å²) in [6, 6.07) is 14.2. The van der Waals surface area contributed by atoms with Crippen molar-refractivity contribution >= 4 is 49.3 Å². The van der Waals surface area contributed by atoms with Crippen LogP contribution in [0.1, 0.15) is 0 Å². The van der Waals surface area contributed by atoms with E-state index in [1.54, 1.807) is 12.1 Å². The highest BCUT2D eigenvalue weighted by molar-refractivity contribution is 14.1. The van der Waals surface area contributed by atoms with E-state index < -0.39 is 15.6 Å². The Kier molecular flexibility index (Phi) is 3.92. The molecule has 0 fully saturated rings. The molecule has 1 N–H and O–H groups in total. The molecular formula is C15H10INO4S. The van der Waals surface area contributed by atoms with Crippen molar-refractivity contribution < 1.29 is 12.8 Å². The molecule has 0 aliphatic rings. The Hall–Kier alpha value is -1.87. The molecule has 0 aliphatic carbocycles. The minimum Gasteiger partial charge on any atom is -0.423 e. The standard InChI is InChI=1S/C15H10INO4S/c16-12-3-1-2-4-13(12)17-22(19,20)11-6-7-14-10(9-11)5-8-15(18)21-14/h1-9,17H. The fraction of sp³-hybridized carbons (Fsp3) is 0. The molecule has 0 saturated carbocycles. The van der Waals surface area contributed by atoms with E-state index in [0.717, 1.165) is 3.57 Å². The molecule has 22 heavy (non-hydrogen) atoms. The number of benzene rings is 2. The van der Waals surface area contributed by atoms with Crippen LogP contribution in [0, 0.1) is 3.57 Å². The van der Waals surface area contributed by atoms with Crippen molar-refractivity contribution in [2.75, 3.05) is 4.72 Å². The highest BCUT2D eigenvalue weighted by atomic mass is 127. The average molecular weight is 427 g/mol. The Morgan fingerprint density at radius 1 is 1.00 bits per heavy atom. The van der Waals surface area contributed by atoms with E-state index in [9.17, 15) is 13.2 Å². The summed E-state index contributed by atoms with van der Waals surface area (Å²) in [5.74, 6) is 0. The van der Waals surface area contributed by atoms with Crippen LogP contribution in [0.4, 0.5) is 5.69 Å². The van der Waals surface area contributed by atoms with Crippen molar-refractivity contribution in [2.45, 2.75) is 4.90 Å². The highest BCUT2D eigenvalue weighted by Crippen LogP contribution is 2.23.